The number of carbonyl (C=O) groups excluding carboxylic acids is 1. The van der Waals surface area contributed by atoms with Crippen LogP contribution >= 0.6 is 0 Å². The molecule has 0 fully saturated rings. The molecule has 30 heavy (non-hydrogen) atoms. The van der Waals surface area contributed by atoms with Crippen molar-refractivity contribution in [1.29, 1.82) is 0 Å². The number of aryl methyl sites for hydroxylation is 3. The van der Waals surface area contributed by atoms with Crippen LogP contribution in [0, 0.1) is 42.2 Å². The first-order valence-electron chi connectivity index (χ1n) is 10.2. The van der Waals surface area contributed by atoms with E-state index >= 15 is 0 Å². The summed E-state index contributed by atoms with van der Waals surface area (Å²) in [6, 6.07) is 9.01. The van der Waals surface area contributed by atoms with E-state index in [0.717, 1.165) is 33.8 Å². The molecule has 0 bridgehead atoms. The van der Waals surface area contributed by atoms with Crippen molar-refractivity contribution in [3.05, 3.63) is 74.5 Å². The van der Waals surface area contributed by atoms with Gasteiger partial charge in [-0.2, -0.15) is 0 Å². The Morgan fingerprint density at radius 2 is 1.70 bits per heavy atom. The van der Waals surface area contributed by atoms with Gasteiger partial charge < -0.3 is 10.6 Å². The van der Waals surface area contributed by atoms with Crippen LogP contribution in [0.3, 0.4) is 0 Å². The van der Waals surface area contributed by atoms with Crippen LogP contribution in [0.2, 0.25) is 0 Å². The molecule has 0 saturated carbocycles. The van der Waals surface area contributed by atoms with Crippen molar-refractivity contribution < 1.29 is 9.72 Å². The number of nitrogens with zero attached hydrogens (tertiary/aromatic N) is 1. The second kappa shape index (κ2) is 6.97. The van der Waals surface area contributed by atoms with Gasteiger partial charge in [0.1, 0.15) is 5.78 Å². The van der Waals surface area contributed by atoms with Crippen LogP contribution in [-0.2, 0) is 4.79 Å². The number of rotatable bonds is 2. The molecule has 0 spiro atoms. The largest absolute Gasteiger partial charge is 0.375 e. The molecule has 2 aromatic rings. The molecule has 2 atom stereocenters. The zero-order chi connectivity index (χ0) is 21.8. The van der Waals surface area contributed by atoms with Crippen molar-refractivity contribution in [2.24, 2.45) is 11.3 Å². The predicted molar refractivity (Wildman–Crippen MR) is 119 cm³/mol. The molecule has 6 heteroatoms. The van der Waals surface area contributed by atoms with Gasteiger partial charge >= 0.3 is 0 Å². The molecule has 6 nitrogen and oxygen atoms in total. The Hall–Kier alpha value is -3.15. The van der Waals surface area contributed by atoms with Gasteiger partial charge in [0.25, 0.3) is 5.69 Å². The standard InChI is InChI=1S/C24H27N3O3/c1-13-6-7-16(10-20(13)27(29)30)23-22-19(11-24(4,5)12-21(22)28)25-17-8-14(2)15(3)9-18(17)26-23/h6-11,22-23,25-26H,12H2,1-5H3/t22-,23-/m1/s1. The van der Waals surface area contributed by atoms with Gasteiger partial charge in [0, 0.05) is 23.7 Å². The zero-order valence-corrected chi connectivity index (χ0v) is 18.0. The van der Waals surface area contributed by atoms with E-state index in [0.29, 0.717) is 12.0 Å². The minimum absolute atomic E-state index is 0.0703. The summed E-state index contributed by atoms with van der Waals surface area (Å²) in [6.07, 6.45) is 2.57. The first-order valence-corrected chi connectivity index (χ1v) is 10.2. The minimum Gasteiger partial charge on any atom is -0.375 e. The molecule has 2 N–H and O–H groups in total. The summed E-state index contributed by atoms with van der Waals surface area (Å²) in [6.45, 7) is 9.95. The van der Waals surface area contributed by atoms with E-state index in [9.17, 15) is 14.9 Å². The molecule has 1 aliphatic carbocycles. The number of benzene rings is 2. The highest BCUT2D eigenvalue weighted by molar-refractivity contribution is 5.90. The summed E-state index contributed by atoms with van der Waals surface area (Å²) in [4.78, 5) is 24.5. The summed E-state index contributed by atoms with van der Waals surface area (Å²) < 4.78 is 0. The number of fused-ring (bicyclic) bond motifs is 2. The number of nitro benzene ring substituents is 1. The highest BCUT2D eigenvalue weighted by atomic mass is 16.6. The highest BCUT2D eigenvalue weighted by Crippen LogP contribution is 2.46. The van der Waals surface area contributed by atoms with Crippen LogP contribution in [0.4, 0.5) is 17.1 Å². The first-order chi connectivity index (χ1) is 14.1. The van der Waals surface area contributed by atoms with E-state index in [2.05, 4.69) is 56.5 Å². The maximum absolute atomic E-state index is 13.3. The third kappa shape index (κ3) is 3.47. The zero-order valence-electron chi connectivity index (χ0n) is 18.0. The predicted octanol–water partition coefficient (Wildman–Crippen LogP) is 5.60. The molecule has 1 heterocycles. The topological polar surface area (TPSA) is 84.3 Å². The van der Waals surface area contributed by atoms with E-state index in [1.807, 2.05) is 6.07 Å². The Balaban J connectivity index is 1.92. The van der Waals surface area contributed by atoms with Gasteiger partial charge in [-0.15, -0.1) is 0 Å². The normalized spacial score (nSPS) is 22.0. The van der Waals surface area contributed by atoms with E-state index in [1.54, 1.807) is 19.1 Å². The summed E-state index contributed by atoms with van der Waals surface area (Å²) in [5.41, 5.74) is 6.15. The van der Waals surface area contributed by atoms with Crippen LogP contribution < -0.4 is 10.6 Å². The third-order valence-electron chi connectivity index (χ3n) is 6.20. The fourth-order valence-corrected chi connectivity index (χ4v) is 4.51. The monoisotopic (exact) mass is 405 g/mol. The van der Waals surface area contributed by atoms with Crippen molar-refractivity contribution in [2.45, 2.75) is 47.1 Å². The van der Waals surface area contributed by atoms with Crippen molar-refractivity contribution in [1.82, 2.24) is 0 Å². The molecule has 1 aliphatic heterocycles. The summed E-state index contributed by atoms with van der Waals surface area (Å²) in [5.74, 6) is -0.305. The highest BCUT2D eigenvalue weighted by Gasteiger charge is 2.42. The number of anilines is 2. The second-order valence-electron chi connectivity index (χ2n) is 9.24. The Bertz CT molecular complexity index is 1100. The Labute approximate surface area is 176 Å². The van der Waals surface area contributed by atoms with Crippen molar-refractivity contribution in [2.75, 3.05) is 10.6 Å². The van der Waals surface area contributed by atoms with Crippen molar-refractivity contribution in [3.8, 4) is 0 Å². The number of hydrogen-bond donors (Lipinski definition) is 2. The molecule has 156 valence electrons. The maximum atomic E-state index is 13.3. The lowest BCUT2D eigenvalue weighted by Crippen LogP contribution is -2.36. The summed E-state index contributed by atoms with van der Waals surface area (Å²) >= 11 is 0. The molecular formula is C24H27N3O3. The fourth-order valence-electron chi connectivity index (χ4n) is 4.51. The van der Waals surface area contributed by atoms with Gasteiger partial charge in [-0.1, -0.05) is 32.1 Å². The lowest BCUT2D eigenvalue weighted by Gasteiger charge is -2.35. The second-order valence-corrected chi connectivity index (χ2v) is 9.24. The number of nitrogens with one attached hydrogen (secondary N) is 2. The van der Waals surface area contributed by atoms with E-state index in [-0.39, 0.29) is 21.8 Å². The van der Waals surface area contributed by atoms with E-state index < -0.39 is 12.0 Å². The Morgan fingerprint density at radius 3 is 2.37 bits per heavy atom. The first kappa shape index (κ1) is 20.1. The number of ketones is 1. The number of hydrogen-bond acceptors (Lipinski definition) is 5. The molecule has 0 amide bonds. The van der Waals surface area contributed by atoms with Crippen LogP contribution in [0.5, 0.6) is 0 Å². The molecule has 0 radical (unpaired) electrons. The maximum Gasteiger partial charge on any atom is 0.272 e. The molecular weight excluding hydrogens is 378 g/mol. The van der Waals surface area contributed by atoms with Gasteiger partial charge in [0.05, 0.1) is 28.3 Å². The average molecular weight is 405 g/mol. The Morgan fingerprint density at radius 1 is 1.03 bits per heavy atom. The van der Waals surface area contributed by atoms with E-state index in [1.165, 1.54) is 0 Å². The molecule has 2 aromatic carbocycles. The molecule has 0 saturated heterocycles. The number of carbonyl (C=O) groups is 1. The van der Waals surface area contributed by atoms with Crippen LogP contribution in [0.1, 0.15) is 48.6 Å². The number of Topliss-reactive ketones (excluding diaryl/α,β-unsaturated/α-hetero) is 1. The summed E-state index contributed by atoms with van der Waals surface area (Å²) in [5, 5.41) is 18.6. The lowest BCUT2D eigenvalue weighted by atomic mass is 9.72. The molecule has 0 aromatic heterocycles. The van der Waals surface area contributed by atoms with Gasteiger partial charge in [0.2, 0.25) is 0 Å². The smallest absolute Gasteiger partial charge is 0.272 e. The van der Waals surface area contributed by atoms with Crippen molar-refractivity contribution >= 4 is 22.8 Å². The van der Waals surface area contributed by atoms with E-state index in [4.69, 9.17) is 0 Å². The molecule has 4 rings (SSSR count). The molecule has 2 aliphatic rings. The third-order valence-corrected chi connectivity index (χ3v) is 6.20. The van der Waals surface area contributed by atoms with Crippen LogP contribution in [-0.4, -0.2) is 10.7 Å². The Kier molecular flexibility index (Phi) is 4.68. The van der Waals surface area contributed by atoms with Gasteiger partial charge in [0.15, 0.2) is 0 Å². The molecule has 0 unspecified atom stereocenters. The van der Waals surface area contributed by atoms with Gasteiger partial charge in [-0.05, 0) is 55.0 Å². The van der Waals surface area contributed by atoms with Crippen molar-refractivity contribution in [3.63, 3.8) is 0 Å². The van der Waals surface area contributed by atoms with Gasteiger partial charge in [-0.3, -0.25) is 14.9 Å². The van der Waals surface area contributed by atoms with Gasteiger partial charge in [-0.25, -0.2) is 0 Å². The quantitative estimate of drug-likeness (QED) is 0.502. The van der Waals surface area contributed by atoms with Crippen LogP contribution in [0.15, 0.2) is 42.1 Å². The number of nitro groups is 1. The SMILES string of the molecule is Cc1cc2c(cc1C)N[C@H](c1ccc(C)c([N+](=O)[O-])c1)[C@H]1C(=O)CC(C)(C)C=C1N2. The minimum atomic E-state index is -0.437. The van der Waals surface area contributed by atoms with Crippen LogP contribution in [0.25, 0.3) is 0 Å². The number of allylic oxidation sites excluding steroid dienone is 1. The summed E-state index contributed by atoms with van der Waals surface area (Å²) in [7, 11) is 0. The fraction of sp³-hybridized carbons (Fsp3) is 0.375. The average Bonchev–Trinajstić information content (AvgIpc) is 2.78. The lowest BCUT2D eigenvalue weighted by molar-refractivity contribution is -0.385.